The van der Waals surface area contributed by atoms with E-state index in [-0.39, 0.29) is 18.1 Å². The third-order valence-corrected chi connectivity index (χ3v) is 8.19. The fourth-order valence-electron chi connectivity index (χ4n) is 5.13. The van der Waals surface area contributed by atoms with E-state index >= 15 is 0 Å². The van der Waals surface area contributed by atoms with Gasteiger partial charge in [0, 0.05) is 30.2 Å². The smallest absolute Gasteiger partial charge is 0.306 e. The summed E-state index contributed by atoms with van der Waals surface area (Å²) >= 11 is 1.44. The zero-order valence-corrected chi connectivity index (χ0v) is 23.1. The molecule has 36 heavy (non-hydrogen) atoms. The Morgan fingerprint density at radius 1 is 1.31 bits per heavy atom. The molecule has 0 aromatic carbocycles. The van der Waals surface area contributed by atoms with E-state index in [4.69, 9.17) is 14.2 Å². The quantitative estimate of drug-likeness (QED) is 0.444. The number of nitrogens with zero attached hydrogens (tertiary/aromatic N) is 1. The van der Waals surface area contributed by atoms with Gasteiger partial charge in [0.05, 0.1) is 12.3 Å². The van der Waals surface area contributed by atoms with Crippen LogP contribution in [-0.4, -0.2) is 58.2 Å². The van der Waals surface area contributed by atoms with Gasteiger partial charge < -0.3 is 24.4 Å². The first-order valence-electron chi connectivity index (χ1n) is 12.8. The Morgan fingerprint density at radius 3 is 2.72 bits per heavy atom. The van der Waals surface area contributed by atoms with Gasteiger partial charge >= 0.3 is 5.97 Å². The molecule has 2 saturated heterocycles. The van der Waals surface area contributed by atoms with E-state index in [1.807, 2.05) is 26.2 Å². The number of esters is 1. The number of fused-ring (bicyclic) bond motifs is 1. The summed E-state index contributed by atoms with van der Waals surface area (Å²) in [7, 11) is 1.60. The molecular weight excluding hydrogens is 482 g/mol. The molecule has 202 valence electrons. The molecule has 3 heterocycles. The zero-order valence-electron chi connectivity index (χ0n) is 22.3. The molecule has 8 nitrogen and oxygen atoms in total. The van der Waals surface area contributed by atoms with Crippen LogP contribution in [0.5, 0.6) is 0 Å². The van der Waals surface area contributed by atoms with Crippen LogP contribution in [0, 0.1) is 17.3 Å². The minimum atomic E-state index is -1.77. The Labute approximate surface area is 218 Å². The number of aliphatic hydroxyl groups is 2. The van der Waals surface area contributed by atoms with Crippen LogP contribution in [-0.2, 0) is 30.4 Å². The van der Waals surface area contributed by atoms with Gasteiger partial charge in [-0.15, -0.1) is 11.3 Å². The van der Waals surface area contributed by atoms with Crippen LogP contribution < -0.4 is 0 Å². The van der Waals surface area contributed by atoms with Crippen molar-refractivity contribution in [2.45, 2.75) is 104 Å². The summed E-state index contributed by atoms with van der Waals surface area (Å²) in [6.07, 6.45) is 2.02. The van der Waals surface area contributed by atoms with Crippen LogP contribution in [0.1, 0.15) is 83.8 Å². The molecule has 2 N–H and O–H groups in total. The Bertz CT molecular complexity index is 958. The summed E-state index contributed by atoms with van der Waals surface area (Å²) in [5.74, 6) is -1.92. The fraction of sp³-hybridized carbons (Fsp3) is 0.741. The van der Waals surface area contributed by atoms with Crippen molar-refractivity contribution in [3.05, 3.63) is 21.7 Å². The monoisotopic (exact) mass is 523 g/mol. The number of cyclic esters (lactones) is 1. The molecular formula is C27H41NO7S. The second-order valence-corrected chi connectivity index (χ2v) is 12.1. The van der Waals surface area contributed by atoms with Crippen LogP contribution in [0.2, 0.25) is 0 Å². The minimum Gasteiger partial charge on any atom is -0.455 e. The fourth-order valence-corrected chi connectivity index (χ4v) is 5.85. The van der Waals surface area contributed by atoms with E-state index in [1.165, 1.54) is 11.3 Å². The number of Topliss-reactive ketones (excluding diaryl/α,β-unsaturated/α-hetero) is 1. The number of aromatic nitrogens is 1. The molecule has 0 spiro atoms. The van der Waals surface area contributed by atoms with E-state index in [1.54, 1.807) is 20.1 Å². The number of rotatable bonds is 4. The molecule has 2 aliphatic heterocycles. The average molecular weight is 524 g/mol. The lowest BCUT2D eigenvalue weighted by Crippen LogP contribution is -2.45. The maximum Gasteiger partial charge on any atom is 0.306 e. The molecule has 1 aromatic rings. The highest BCUT2D eigenvalue weighted by atomic mass is 32.1. The Kier molecular flexibility index (Phi) is 9.49. The number of carbonyl (C=O) groups excluding carboxylic acids is 2. The highest BCUT2D eigenvalue weighted by Gasteiger charge is 2.63. The first-order valence-corrected chi connectivity index (χ1v) is 13.7. The summed E-state index contributed by atoms with van der Waals surface area (Å²) in [5, 5.41) is 24.8. The van der Waals surface area contributed by atoms with Crippen molar-refractivity contribution in [2.24, 2.45) is 17.3 Å². The highest BCUT2D eigenvalue weighted by molar-refractivity contribution is 7.09. The molecule has 2 fully saturated rings. The second-order valence-electron chi connectivity index (χ2n) is 11.1. The topological polar surface area (TPSA) is 118 Å². The predicted octanol–water partition coefficient (Wildman–Crippen LogP) is 4.27. The van der Waals surface area contributed by atoms with Crippen molar-refractivity contribution < 1.29 is 34.0 Å². The number of aliphatic hydroxyl groups excluding tert-OH is 1. The SMILES string of the molecule is COCc1nc(C=C(C)C2OC(=O)CCC(C)(C)C(=O)C(C)CC(C)CCCC3OC3(O)C2O)cs1. The van der Waals surface area contributed by atoms with Gasteiger partial charge in [0.25, 0.3) is 0 Å². The maximum atomic E-state index is 13.1. The van der Waals surface area contributed by atoms with Crippen molar-refractivity contribution in [2.75, 3.05) is 7.11 Å². The molecule has 0 bridgehead atoms. The summed E-state index contributed by atoms with van der Waals surface area (Å²) < 4.78 is 16.4. The standard InChI is InChI=1S/C27H41NO7S/c1-16-8-7-9-20-27(32,35-20)25(31)23(17(2)13-19-15-36-21(28-19)14-33-6)34-22(29)10-11-26(4,5)24(30)18(3)12-16/h13,15-16,18,20,23,25,31-32H,7-12,14H2,1-6H3. The third-order valence-electron chi connectivity index (χ3n) is 7.35. The molecule has 2 aliphatic rings. The van der Waals surface area contributed by atoms with Crippen molar-refractivity contribution in [3.63, 3.8) is 0 Å². The van der Waals surface area contributed by atoms with Crippen LogP contribution >= 0.6 is 11.3 Å². The normalized spacial score (nSPS) is 34.7. The Balaban J connectivity index is 1.85. The van der Waals surface area contributed by atoms with E-state index in [2.05, 4.69) is 11.9 Å². The number of hydrogen-bond donors (Lipinski definition) is 2. The number of ketones is 1. The number of epoxide rings is 1. The highest BCUT2D eigenvalue weighted by Crippen LogP contribution is 2.43. The van der Waals surface area contributed by atoms with Gasteiger partial charge in [-0.25, -0.2) is 4.98 Å². The summed E-state index contributed by atoms with van der Waals surface area (Å²) in [5.41, 5.74) is 0.511. The van der Waals surface area contributed by atoms with Crippen LogP contribution in [0.25, 0.3) is 6.08 Å². The molecule has 6 unspecified atom stereocenters. The molecule has 0 radical (unpaired) electrons. The molecule has 0 aliphatic carbocycles. The van der Waals surface area contributed by atoms with E-state index in [9.17, 15) is 19.8 Å². The number of hydrogen-bond acceptors (Lipinski definition) is 9. The number of methoxy groups -OCH3 is 1. The number of thiazole rings is 1. The van der Waals surface area contributed by atoms with Gasteiger partial charge in [0.15, 0.2) is 12.2 Å². The molecule has 9 heteroatoms. The van der Waals surface area contributed by atoms with Crippen molar-refractivity contribution in [3.8, 4) is 0 Å². The summed E-state index contributed by atoms with van der Waals surface area (Å²) in [6.45, 7) is 9.95. The van der Waals surface area contributed by atoms with Crippen molar-refractivity contribution in [1.82, 2.24) is 4.98 Å². The number of carbonyl (C=O) groups is 2. The van der Waals surface area contributed by atoms with Crippen LogP contribution in [0.3, 0.4) is 0 Å². The Hall–Kier alpha value is -1.65. The van der Waals surface area contributed by atoms with Gasteiger partial charge in [0.2, 0.25) is 5.79 Å². The zero-order chi connectivity index (χ0) is 26.7. The van der Waals surface area contributed by atoms with E-state index < -0.39 is 35.5 Å². The van der Waals surface area contributed by atoms with Gasteiger partial charge in [-0.05, 0) is 43.8 Å². The summed E-state index contributed by atoms with van der Waals surface area (Å²) in [6, 6.07) is 0. The average Bonchev–Trinajstić information content (AvgIpc) is 3.27. The van der Waals surface area contributed by atoms with Gasteiger partial charge in [-0.2, -0.15) is 0 Å². The largest absolute Gasteiger partial charge is 0.455 e. The van der Waals surface area contributed by atoms with Crippen LogP contribution in [0.15, 0.2) is 11.0 Å². The second kappa shape index (κ2) is 11.8. The Morgan fingerprint density at radius 2 is 2.03 bits per heavy atom. The maximum absolute atomic E-state index is 13.1. The molecule has 1 aromatic heterocycles. The van der Waals surface area contributed by atoms with Gasteiger partial charge in [0.1, 0.15) is 16.9 Å². The van der Waals surface area contributed by atoms with Gasteiger partial charge in [-0.3, -0.25) is 9.59 Å². The van der Waals surface area contributed by atoms with Gasteiger partial charge in [-0.1, -0.05) is 40.5 Å². The van der Waals surface area contributed by atoms with Crippen molar-refractivity contribution in [1.29, 1.82) is 0 Å². The first kappa shape index (κ1) is 28.9. The molecule has 6 atom stereocenters. The first-order chi connectivity index (χ1) is 16.9. The number of ether oxygens (including phenoxy) is 3. The van der Waals surface area contributed by atoms with E-state index in [0.717, 1.165) is 24.3 Å². The summed E-state index contributed by atoms with van der Waals surface area (Å²) in [4.78, 5) is 30.5. The lowest BCUT2D eigenvalue weighted by atomic mass is 9.75. The predicted molar refractivity (Wildman–Crippen MR) is 137 cm³/mol. The van der Waals surface area contributed by atoms with Crippen molar-refractivity contribution >= 4 is 29.2 Å². The van der Waals surface area contributed by atoms with Crippen LogP contribution in [0.4, 0.5) is 0 Å². The lowest BCUT2D eigenvalue weighted by molar-refractivity contribution is -0.165. The molecule has 0 saturated carbocycles. The third kappa shape index (κ3) is 7.01. The van der Waals surface area contributed by atoms with E-state index in [0.29, 0.717) is 36.6 Å². The minimum absolute atomic E-state index is 0.0227. The lowest BCUT2D eigenvalue weighted by Gasteiger charge is -2.29. The molecule has 3 rings (SSSR count). The molecule has 0 amide bonds.